The molecule has 0 fully saturated rings. The van der Waals surface area contributed by atoms with Crippen LogP contribution in [0.1, 0.15) is 61.0 Å². The normalized spacial score (nSPS) is 12.7. The van der Waals surface area contributed by atoms with Gasteiger partial charge < -0.3 is 9.84 Å². The van der Waals surface area contributed by atoms with Gasteiger partial charge in [-0.2, -0.15) is 0 Å². The summed E-state index contributed by atoms with van der Waals surface area (Å²) in [6, 6.07) is 4.24. The van der Waals surface area contributed by atoms with E-state index in [0.29, 0.717) is 6.61 Å². The maximum Gasteiger partial charge on any atom is 0.103 e. The number of hydrogen-bond acceptors (Lipinski definition) is 2. The second-order valence-electron chi connectivity index (χ2n) is 5.46. The average Bonchev–Trinajstić information content (AvgIpc) is 2.32. The van der Waals surface area contributed by atoms with E-state index in [1.54, 1.807) is 0 Å². The number of benzene rings is 1. The molecule has 108 valence electrons. The second kappa shape index (κ2) is 8.34. The Balaban J connectivity index is 2.43. The van der Waals surface area contributed by atoms with Crippen molar-refractivity contribution < 1.29 is 9.84 Å². The molecule has 0 bridgehead atoms. The van der Waals surface area contributed by atoms with Crippen LogP contribution in [0.15, 0.2) is 12.1 Å². The van der Waals surface area contributed by atoms with Crippen LogP contribution < -0.4 is 0 Å². The monoisotopic (exact) mass is 264 g/mol. The highest BCUT2D eigenvalue weighted by Gasteiger charge is 2.13. The third-order valence-electron chi connectivity index (χ3n) is 3.49. The Kier molecular flexibility index (Phi) is 7.11. The van der Waals surface area contributed by atoms with Crippen LogP contribution in [-0.4, -0.2) is 18.3 Å². The van der Waals surface area contributed by atoms with Crippen LogP contribution in [0.3, 0.4) is 0 Å². The van der Waals surface area contributed by atoms with Gasteiger partial charge in [-0.05, 0) is 43.9 Å². The number of unbranched alkanes of at least 4 members (excludes halogenated alkanes) is 3. The summed E-state index contributed by atoms with van der Waals surface area (Å²) >= 11 is 0. The fourth-order valence-corrected chi connectivity index (χ4v) is 2.63. The lowest BCUT2D eigenvalue weighted by molar-refractivity contribution is 0.0338. The maximum atomic E-state index is 10.3. The van der Waals surface area contributed by atoms with E-state index >= 15 is 0 Å². The molecule has 0 radical (unpaired) electrons. The third-order valence-corrected chi connectivity index (χ3v) is 3.49. The maximum absolute atomic E-state index is 10.3. The molecule has 0 aliphatic carbocycles. The van der Waals surface area contributed by atoms with Gasteiger partial charge in [0.2, 0.25) is 0 Å². The SMILES string of the molecule is CCCCCCOCC(O)c1c(C)cc(C)cc1C. The van der Waals surface area contributed by atoms with Gasteiger partial charge in [0, 0.05) is 6.61 Å². The van der Waals surface area contributed by atoms with Crippen LogP contribution in [-0.2, 0) is 4.74 Å². The molecule has 0 amide bonds. The van der Waals surface area contributed by atoms with E-state index in [-0.39, 0.29) is 0 Å². The summed E-state index contributed by atoms with van der Waals surface area (Å²) in [6.07, 6.45) is 4.31. The number of ether oxygens (including phenoxy) is 1. The molecule has 1 atom stereocenters. The van der Waals surface area contributed by atoms with Gasteiger partial charge in [-0.25, -0.2) is 0 Å². The molecule has 19 heavy (non-hydrogen) atoms. The molecular formula is C17H28O2. The first kappa shape index (κ1) is 16.2. The standard InChI is InChI=1S/C17H28O2/c1-5-6-7-8-9-19-12-16(18)17-14(3)10-13(2)11-15(17)4/h10-11,16,18H,5-9,12H2,1-4H3. The van der Waals surface area contributed by atoms with Crippen molar-refractivity contribution >= 4 is 0 Å². The van der Waals surface area contributed by atoms with E-state index in [2.05, 4.69) is 39.8 Å². The number of aliphatic hydroxyl groups excluding tert-OH is 1. The molecular weight excluding hydrogens is 236 g/mol. The van der Waals surface area contributed by atoms with Crippen molar-refractivity contribution in [3.05, 3.63) is 34.4 Å². The van der Waals surface area contributed by atoms with Crippen molar-refractivity contribution in [2.24, 2.45) is 0 Å². The van der Waals surface area contributed by atoms with E-state index in [0.717, 1.165) is 29.7 Å². The smallest absolute Gasteiger partial charge is 0.103 e. The summed E-state index contributed by atoms with van der Waals surface area (Å²) in [5, 5.41) is 10.3. The van der Waals surface area contributed by atoms with Crippen LogP contribution in [0.5, 0.6) is 0 Å². The lowest BCUT2D eigenvalue weighted by Crippen LogP contribution is -2.11. The van der Waals surface area contributed by atoms with E-state index in [1.807, 2.05) is 0 Å². The van der Waals surface area contributed by atoms with Crippen LogP contribution >= 0.6 is 0 Å². The first-order chi connectivity index (χ1) is 9.06. The van der Waals surface area contributed by atoms with Crippen LogP contribution in [0, 0.1) is 20.8 Å². The second-order valence-corrected chi connectivity index (χ2v) is 5.46. The number of aliphatic hydroxyl groups is 1. The zero-order chi connectivity index (χ0) is 14.3. The summed E-state index contributed by atoms with van der Waals surface area (Å²) in [5.41, 5.74) is 4.57. The number of hydrogen-bond donors (Lipinski definition) is 1. The van der Waals surface area contributed by atoms with Crippen LogP contribution in [0.25, 0.3) is 0 Å². The molecule has 1 N–H and O–H groups in total. The van der Waals surface area contributed by atoms with Gasteiger partial charge in [0.25, 0.3) is 0 Å². The average molecular weight is 264 g/mol. The molecule has 0 aliphatic heterocycles. The quantitative estimate of drug-likeness (QED) is 0.712. The van der Waals surface area contributed by atoms with Crippen molar-refractivity contribution in [2.45, 2.75) is 59.5 Å². The van der Waals surface area contributed by atoms with Crippen molar-refractivity contribution in [1.82, 2.24) is 0 Å². The Labute approximate surface area is 117 Å². The third kappa shape index (κ3) is 5.33. The fraction of sp³-hybridized carbons (Fsp3) is 0.647. The Morgan fingerprint density at radius 3 is 2.26 bits per heavy atom. The molecule has 0 aliphatic rings. The first-order valence-corrected chi connectivity index (χ1v) is 7.39. The number of rotatable bonds is 8. The molecule has 1 aromatic carbocycles. The van der Waals surface area contributed by atoms with E-state index in [1.165, 1.54) is 24.8 Å². The minimum Gasteiger partial charge on any atom is -0.386 e. The van der Waals surface area contributed by atoms with Gasteiger partial charge in [-0.15, -0.1) is 0 Å². The summed E-state index contributed by atoms with van der Waals surface area (Å²) in [7, 11) is 0. The topological polar surface area (TPSA) is 29.5 Å². The van der Waals surface area contributed by atoms with Gasteiger partial charge in [0.05, 0.1) is 6.61 Å². The highest BCUT2D eigenvalue weighted by molar-refractivity contribution is 5.38. The molecule has 2 heteroatoms. The van der Waals surface area contributed by atoms with Crippen LogP contribution in [0.4, 0.5) is 0 Å². The van der Waals surface area contributed by atoms with E-state index in [4.69, 9.17) is 4.74 Å². The van der Waals surface area contributed by atoms with Crippen LogP contribution in [0.2, 0.25) is 0 Å². The molecule has 0 heterocycles. The lowest BCUT2D eigenvalue weighted by Gasteiger charge is -2.17. The highest BCUT2D eigenvalue weighted by Crippen LogP contribution is 2.23. The molecule has 1 unspecified atom stereocenters. The largest absolute Gasteiger partial charge is 0.386 e. The van der Waals surface area contributed by atoms with Crippen molar-refractivity contribution in [2.75, 3.05) is 13.2 Å². The van der Waals surface area contributed by atoms with Gasteiger partial charge in [0.1, 0.15) is 6.10 Å². The molecule has 2 nitrogen and oxygen atoms in total. The van der Waals surface area contributed by atoms with Crippen molar-refractivity contribution in [3.8, 4) is 0 Å². The molecule has 0 saturated carbocycles. The fourth-order valence-electron chi connectivity index (χ4n) is 2.63. The summed E-state index contributed by atoms with van der Waals surface area (Å²) in [5.74, 6) is 0. The molecule has 0 spiro atoms. The summed E-state index contributed by atoms with van der Waals surface area (Å²) in [4.78, 5) is 0. The Hall–Kier alpha value is -0.860. The van der Waals surface area contributed by atoms with Gasteiger partial charge in [0.15, 0.2) is 0 Å². The van der Waals surface area contributed by atoms with Crippen molar-refractivity contribution in [1.29, 1.82) is 0 Å². The van der Waals surface area contributed by atoms with Crippen molar-refractivity contribution in [3.63, 3.8) is 0 Å². The molecule has 0 saturated heterocycles. The summed E-state index contributed by atoms with van der Waals surface area (Å²) in [6.45, 7) is 9.55. The predicted molar refractivity (Wildman–Crippen MR) is 80.6 cm³/mol. The predicted octanol–water partition coefficient (Wildman–Crippen LogP) is 4.24. The zero-order valence-corrected chi connectivity index (χ0v) is 12.8. The highest BCUT2D eigenvalue weighted by atomic mass is 16.5. The van der Waals surface area contributed by atoms with Gasteiger partial charge >= 0.3 is 0 Å². The Bertz CT molecular complexity index is 362. The first-order valence-electron chi connectivity index (χ1n) is 7.39. The minimum absolute atomic E-state index is 0.400. The minimum atomic E-state index is -0.508. The number of aryl methyl sites for hydroxylation is 3. The summed E-state index contributed by atoms with van der Waals surface area (Å²) < 4.78 is 5.59. The molecule has 1 rings (SSSR count). The lowest BCUT2D eigenvalue weighted by atomic mass is 9.96. The Morgan fingerprint density at radius 1 is 1.05 bits per heavy atom. The Morgan fingerprint density at radius 2 is 1.68 bits per heavy atom. The molecule has 1 aromatic rings. The van der Waals surface area contributed by atoms with E-state index in [9.17, 15) is 5.11 Å². The zero-order valence-electron chi connectivity index (χ0n) is 12.8. The van der Waals surface area contributed by atoms with Gasteiger partial charge in [-0.3, -0.25) is 0 Å². The van der Waals surface area contributed by atoms with Gasteiger partial charge in [-0.1, -0.05) is 43.9 Å². The molecule has 0 aromatic heterocycles. The van der Waals surface area contributed by atoms with E-state index < -0.39 is 6.10 Å².